The van der Waals surface area contributed by atoms with Crippen LogP contribution in [0.25, 0.3) is 0 Å². The highest BCUT2D eigenvalue weighted by Gasteiger charge is 2.14. The summed E-state index contributed by atoms with van der Waals surface area (Å²) in [6, 6.07) is 8.81. The third kappa shape index (κ3) is 2.95. The lowest BCUT2D eigenvalue weighted by Gasteiger charge is -2.11. The molecule has 4 nitrogen and oxygen atoms in total. The molecule has 0 aliphatic rings. The van der Waals surface area contributed by atoms with Gasteiger partial charge in [0.15, 0.2) is 17.4 Å². The van der Waals surface area contributed by atoms with E-state index in [1.807, 2.05) is 0 Å². The lowest BCUT2D eigenvalue weighted by molar-refractivity contribution is 0.318. The second-order valence-corrected chi connectivity index (χ2v) is 4.62. The predicted molar refractivity (Wildman–Crippen MR) is 75.4 cm³/mol. The van der Waals surface area contributed by atoms with Gasteiger partial charge in [0, 0.05) is 5.02 Å². The molecule has 2 aromatic carbocycles. The summed E-state index contributed by atoms with van der Waals surface area (Å²) >= 11 is 11.5. The van der Waals surface area contributed by atoms with E-state index in [1.165, 1.54) is 30.3 Å². The zero-order valence-corrected chi connectivity index (χ0v) is 11.5. The Hall–Kier alpha value is -1.98. The van der Waals surface area contributed by atoms with Crippen molar-refractivity contribution >= 4 is 29.0 Å². The number of hydrogen-bond acceptors (Lipinski definition) is 3. The van der Waals surface area contributed by atoms with E-state index in [9.17, 15) is 4.39 Å². The number of amidine groups is 1. The van der Waals surface area contributed by atoms with Crippen molar-refractivity contribution in [3.63, 3.8) is 0 Å². The Morgan fingerprint density at radius 1 is 1.20 bits per heavy atom. The van der Waals surface area contributed by atoms with Gasteiger partial charge >= 0.3 is 0 Å². The lowest BCUT2D eigenvalue weighted by atomic mass is 10.2. The van der Waals surface area contributed by atoms with Crippen molar-refractivity contribution in [2.45, 2.75) is 0 Å². The first kappa shape index (κ1) is 14.4. The van der Waals surface area contributed by atoms with Gasteiger partial charge in [0.25, 0.3) is 0 Å². The SMILES string of the molecule is N/C(=N/O)c1cc(Cl)ccc1Oc1cccc(Cl)c1F. The van der Waals surface area contributed by atoms with E-state index in [1.54, 1.807) is 6.07 Å². The van der Waals surface area contributed by atoms with Gasteiger partial charge in [-0.3, -0.25) is 0 Å². The Kier molecular flexibility index (Phi) is 4.32. The number of oxime groups is 1. The molecule has 0 spiro atoms. The maximum atomic E-state index is 13.8. The fourth-order valence-corrected chi connectivity index (χ4v) is 1.86. The van der Waals surface area contributed by atoms with Crippen molar-refractivity contribution in [1.82, 2.24) is 0 Å². The number of hydrogen-bond donors (Lipinski definition) is 2. The van der Waals surface area contributed by atoms with Crippen LogP contribution in [0.15, 0.2) is 41.6 Å². The predicted octanol–water partition coefficient (Wildman–Crippen LogP) is 4.02. The molecular formula is C13H9Cl2FN2O2. The van der Waals surface area contributed by atoms with Crippen LogP contribution >= 0.6 is 23.2 Å². The van der Waals surface area contributed by atoms with Crippen molar-refractivity contribution in [2.24, 2.45) is 10.9 Å². The van der Waals surface area contributed by atoms with Gasteiger partial charge in [-0.1, -0.05) is 34.4 Å². The molecule has 0 heterocycles. The first-order chi connectivity index (χ1) is 9.52. The molecule has 0 bridgehead atoms. The summed E-state index contributed by atoms with van der Waals surface area (Å²) in [4.78, 5) is 0. The molecule has 0 saturated heterocycles. The number of ether oxygens (including phenoxy) is 1. The Bertz CT molecular complexity index is 677. The lowest BCUT2D eigenvalue weighted by Crippen LogP contribution is -2.14. The second-order valence-electron chi connectivity index (χ2n) is 3.78. The number of rotatable bonds is 3. The highest BCUT2D eigenvalue weighted by Crippen LogP contribution is 2.31. The van der Waals surface area contributed by atoms with Crippen LogP contribution in [-0.2, 0) is 0 Å². The van der Waals surface area contributed by atoms with Crippen LogP contribution in [0.4, 0.5) is 4.39 Å². The number of benzene rings is 2. The summed E-state index contributed by atoms with van der Waals surface area (Å²) in [6.45, 7) is 0. The largest absolute Gasteiger partial charge is 0.453 e. The van der Waals surface area contributed by atoms with E-state index in [2.05, 4.69) is 5.16 Å². The molecule has 0 saturated carbocycles. The van der Waals surface area contributed by atoms with Crippen LogP contribution in [0.5, 0.6) is 11.5 Å². The van der Waals surface area contributed by atoms with Gasteiger partial charge in [0.1, 0.15) is 5.75 Å². The van der Waals surface area contributed by atoms with E-state index in [0.29, 0.717) is 5.02 Å². The molecule has 0 amide bonds. The molecule has 20 heavy (non-hydrogen) atoms. The van der Waals surface area contributed by atoms with Gasteiger partial charge in [0.2, 0.25) is 0 Å². The van der Waals surface area contributed by atoms with E-state index in [0.717, 1.165) is 0 Å². The van der Waals surface area contributed by atoms with Crippen molar-refractivity contribution in [3.8, 4) is 11.5 Å². The zero-order valence-electron chi connectivity index (χ0n) is 9.98. The molecule has 7 heteroatoms. The van der Waals surface area contributed by atoms with Crippen molar-refractivity contribution < 1.29 is 14.3 Å². The third-order valence-electron chi connectivity index (χ3n) is 2.46. The smallest absolute Gasteiger partial charge is 0.184 e. The minimum absolute atomic E-state index is 0.0678. The second kappa shape index (κ2) is 5.98. The standard InChI is InChI=1S/C13H9Cl2FN2O2/c14-7-4-5-10(8(6-7)13(17)18-19)20-11-3-1-2-9(15)12(11)16/h1-6,19H,(H2,17,18). The minimum atomic E-state index is -0.699. The quantitative estimate of drug-likeness (QED) is 0.389. The molecule has 0 radical (unpaired) electrons. The molecule has 3 N–H and O–H groups in total. The normalized spacial score (nSPS) is 11.4. The van der Waals surface area contributed by atoms with Crippen LogP contribution in [0.1, 0.15) is 5.56 Å². The van der Waals surface area contributed by atoms with Gasteiger partial charge in [-0.2, -0.15) is 0 Å². The Morgan fingerprint density at radius 3 is 2.65 bits per heavy atom. The summed E-state index contributed by atoms with van der Waals surface area (Å²) < 4.78 is 19.2. The fourth-order valence-electron chi connectivity index (χ4n) is 1.53. The molecule has 0 aliphatic carbocycles. The summed E-state index contributed by atoms with van der Waals surface area (Å²) in [5.74, 6) is -0.794. The van der Waals surface area contributed by atoms with Gasteiger partial charge in [-0.05, 0) is 30.3 Å². The Balaban J connectivity index is 2.46. The number of nitrogens with two attached hydrogens (primary N) is 1. The van der Waals surface area contributed by atoms with Gasteiger partial charge in [-0.15, -0.1) is 0 Å². The minimum Gasteiger partial charge on any atom is -0.453 e. The van der Waals surface area contributed by atoms with Crippen LogP contribution in [0.3, 0.4) is 0 Å². The summed E-state index contributed by atoms with van der Waals surface area (Å²) in [6.07, 6.45) is 0. The van der Waals surface area contributed by atoms with Crippen LogP contribution in [0, 0.1) is 5.82 Å². The highest BCUT2D eigenvalue weighted by atomic mass is 35.5. The van der Waals surface area contributed by atoms with Gasteiger partial charge < -0.3 is 15.7 Å². The van der Waals surface area contributed by atoms with Crippen molar-refractivity contribution in [3.05, 3.63) is 57.8 Å². The van der Waals surface area contributed by atoms with Crippen molar-refractivity contribution in [2.75, 3.05) is 0 Å². The molecule has 104 valence electrons. The first-order valence-corrected chi connectivity index (χ1v) is 6.18. The monoisotopic (exact) mass is 314 g/mol. The summed E-state index contributed by atoms with van der Waals surface area (Å²) in [7, 11) is 0. The average molecular weight is 315 g/mol. The van der Waals surface area contributed by atoms with Crippen LogP contribution in [-0.4, -0.2) is 11.0 Å². The molecule has 0 aromatic heterocycles. The van der Waals surface area contributed by atoms with E-state index in [-0.39, 0.29) is 27.9 Å². The van der Waals surface area contributed by atoms with Crippen molar-refractivity contribution in [1.29, 1.82) is 0 Å². The van der Waals surface area contributed by atoms with E-state index >= 15 is 0 Å². The van der Waals surface area contributed by atoms with Gasteiger partial charge in [0.05, 0.1) is 10.6 Å². The van der Waals surface area contributed by atoms with Gasteiger partial charge in [-0.25, -0.2) is 4.39 Å². The molecule has 0 unspecified atom stereocenters. The van der Waals surface area contributed by atoms with E-state index < -0.39 is 5.82 Å². The average Bonchev–Trinajstić information content (AvgIpc) is 2.44. The summed E-state index contributed by atoms with van der Waals surface area (Å²) in [5.41, 5.74) is 5.76. The molecule has 2 aromatic rings. The molecule has 0 atom stereocenters. The van der Waals surface area contributed by atoms with E-state index in [4.69, 9.17) is 38.9 Å². The number of nitrogens with zero attached hydrogens (tertiary/aromatic N) is 1. The zero-order chi connectivity index (χ0) is 14.7. The maximum absolute atomic E-state index is 13.8. The molecule has 0 aliphatic heterocycles. The first-order valence-electron chi connectivity index (χ1n) is 5.42. The molecular weight excluding hydrogens is 306 g/mol. The number of halogens is 3. The highest BCUT2D eigenvalue weighted by molar-refractivity contribution is 6.31. The summed E-state index contributed by atoms with van der Waals surface area (Å²) in [5, 5.41) is 11.9. The van der Waals surface area contributed by atoms with Crippen LogP contribution in [0.2, 0.25) is 10.0 Å². The Labute approximate surface area is 124 Å². The molecule has 0 fully saturated rings. The molecule has 2 rings (SSSR count). The topological polar surface area (TPSA) is 67.8 Å². The fraction of sp³-hybridized carbons (Fsp3) is 0. The third-order valence-corrected chi connectivity index (χ3v) is 2.99. The Morgan fingerprint density at radius 2 is 1.95 bits per heavy atom. The maximum Gasteiger partial charge on any atom is 0.184 e. The van der Waals surface area contributed by atoms with Crippen LogP contribution < -0.4 is 10.5 Å².